The zero-order chi connectivity index (χ0) is 29.3. The maximum Gasteiger partial charge on any atom is 0.322 e. The Morgan fingerprint density at radius 1 is 1.13 bits per heavy atom. The molecule has 0 bridgehead atoms. The Hall–Kier alpha value is -2.87. The number of carbonyl (C=O) groups is 5. The van der Waals surface area contributed by atoms with Crippen molar-refractivity contribution >= 4 is 59.6 Å². The Kier molecular flexibility index (Phi) is 17.8. The number of carbonyl (C=O) groups excluding carboxylic acids is 3. The standard InChI is InChI=1S/C14H20ClNO2.C10H17N3O6S/c1-4-11-7-6-8-12(5-2)14(11)16(10-18-3)13(17)9-15;11-5(10(18)19)1-2-7(14)13-6(4-20)9(17)12-3-8(15)16/h6-8H,4-5,9-10H2,1-3H3;5-6,20H,1-4,11H2,(H,12,17)(H,13,14)(H,15,16)(H,18,19)/t;5-,6-/m.0/s1. The lowest BCUT2D eigenvalue weighted by molar-refractivity contribution is -0.139. The average molecular weight is 577 g/mol. The first-order valence-electron chi connectivity index (χ1n) is 11.8. The van der Waals surface area contributed by atoms with Crippen molar-refractivity contribution in [2.24, 2.45) is 5.73 Å². The Morgan fingerprint density at radius 3 is 2.13 bits per heavy atom. The predicted molar refractivity (Wildman–Crippen MR) is 147 cm³/mol. The monoisotopic (exact) mass is 576 g/mol. The molecule has 0 saturated carbocycles. The number of amides is 3. The van der Waals surface area contributed by atoms with Crippen LogP contribution in [0, 0.1) is 0 Å². The molecule has 0 fully saturated rings. The lowest BCUT2D eigenvalue weighted by atomic mass is 10.0. The molecular formula is C24H37ClN4O8S. The summed E-state index contributed by atoms with van der Waals surface area (Å²) in [4.78, 5) is 57.3. The van der Waals surface area contributed by atoms with Crippen LogP contribution in [0.4, 0.5) is 5.69 Å². The molecule has 0 saturated heterocycles. The first-order chi connectivity index (χ1) is 18.0. The molecule has 12 nitrogen and oxygen atoms in total. The fraction of sp³-hybridized carbons (Fsp3) is 0.542. The van der Waals surface area contributed by atoms with Crippen LogP contribution >= 0.6 is 24.2 Å². The summed E-state index contributed by atoms with van der Waals surface area (Å²) in [5.41, 5.74) is 8.47. The van der Waals surface area contributed by atoms with E-state index in [1.165, 1.54) is 0 Å². The highest BCUT2D eigenvalue weighted by molar-refractivity contribution is 7.80. The van der Waals surface area contributed by atoms with Crippen molar-refractivity contribution in [1.82, 2.24) is 10.6 Å². The summed E-state index contributed by atoms with van der Waals surface area (Å²) < 4.78 is 5.13. The molecule has 0 radical (unpaired) electrons. The van der Waals surface area contributed by atoms with Crippen LogP contribution in [0.3, 0.4) is 0 Å². The number of anilines is 1. The first-order valence-corrected chi connectivity index (χ1v) is 13.0. The van der Waals surface area contributed by atoms with Gasteiger partial charge in [0.05, 0.1) is 5.69 Å². The quantitative estimate of drug-likeness (QED) is 0.0995. The number of methoxy groups -OCH3 is 1. The summed E-state index contributed by atoms with van der Waals surface area (Å²) >= 11 is 9.55. The number of nitrogens with two attached hydrogens (primary N) is 1. The topological polar surface area (TPSA) is 188 Å². The molecule has 1 rings (SSSR count). The second kappa shape index (κ2) is 19.2. The lowest BCUT2D eigenvalue weighted by Gasteiger charge is -2.26. The maximum atomic E-state index is 12.0. The van der Waals surface area contributed by atoms with Crippen LogP contribution in [0.5, 0.6) is 0 Å². The fourth-order valence-electron chi connectivity index (χ4n) is 3.18. The normalized spacial score (nSPS) is 11.8. The molecular weight excluding hydrogens is 540 g/mol. The van der Waals surface area contributed by atoms with Gasteiger partial charge in [0, 0.05) is 19.3 Å². The molecule has 0 spiro atoms. The molecule has 1 aromatic rings. The number of para-hydroxylation sites is 1. The number of carboxylic acid groups (broad SMARTS) is 2. The molecule has 0 unspecified atom stereocenters. The van der Waals surface area contributed by atoms with E-state index in [1.54, 1.807) is 12.0 Å². The summed E-state index contributed by atoms with van der Waals surface area (Å²) in [7, 11) is 1.58. The summed E-state index contributed by atoms with van der Waals surface area (Å²) in [5, 5.41) is 21.4. The highest BCUT2D eigenvalue weighted by Gasteiger charge is 2.21. The van der Waals surface area contributed by atoms with Crippen molar-refractivity contribution in [2.75, 3.05) is 36.9 Å². The van der Waals surface area contributed by atoms with Crippen molar-refractivity contribution in [3.8, 4) is 0 Å². The van der Waals surface area contributed by atoms with Gasteiger partial charge in [0.25, 0.3) is 0 Å². The van der Waals surface area contributed by atoms with Crippen LogP contribution in [0.15, 0.2) is 18.2 Å². The highest BCUT2D eigenvalue weighted by atomic mass is 35.5. The van der Waals surface area contributed by atoms with Gasteiger partial charge < -0.3 is 31.3 Å². The van der Waals surface area contributed by atoms with Crippen molar-refractivity contribution < 1.29 is 38.9 Å². The number of hydrogen-bond donors (Lipinski definition) is 6. The molecule has 3 amide bonds. The van der Waals surface area contributed by atoms with Crippen LogP contribution < -0.4 is 21.3 Å². The van der Waals surface area contributed by atoms with E-state index in [1.807, 2.05) is 18.2 Å². The zero-order valence-corrected chi connectivity index (χ0v) is 23.4. The molecule has 38 heavy (non-hydrogen) atoms. The Labute approximate surface area is 232 Å². The van der Waals surface area contributed by atoms with Gasteiger partial charge in [-0.05, 0) is 30.4 Å². The van der Waals surface area contributed by atoms with Crippen molar-refractivity contribution in [2.45, 2.75) is 51.6 Å². The number of aliphatic carboxylic acids is 2. The van der Waals surface area contributed by atoms with Gasteiger partial charge in [-0.3, -0.25) is 28.9 Å². The van der Waals surface area contributed by atoms with E-state index >= 15 is 0 Å². The Balaban J connectivity index is 0.000000724. The van der Waals surface area contributed by atoms with Crippen LogP contribution in [0.2, 0.25) is 0 Å². The van der Waals surface area contributed by atoms with Gasteiger partial charge in [-0.15, -0.1) is 11.6 Å². The third kappa shape index (κ3) is 12.6. The van der Waals surface area contributed by atoms with E-state index in [2.05, 4.69) is 37.1 Å². The summed E-state index contributed by atoms with van der Waals surface area (Å²) in [6.45, 7) is 3.82. The number of aryl methyl sites for hydroxylation is 2. The van der Waals surface area contributed by atoms with Gasteiger partial charge in [-0.25, -0.2) is 0 Å². The molecule has 6 N–H and O–H groups in total. The minimum absolute atomic E-state index is 0.0256. The SMILES string of the molecule is CCc1cccc(CC)c1N(COC)C(=O)CCl.N[C@@H](CCC(=O)N[C@@H](CS)C(=O)NCC(=O)O)C(=O)O. The van der Waals surface area contributed by atoms with E-state index in [0.29, 0.717) is 0 Å². The van der Waals surface area contributed by atoms with Gasteiger partial charge >= 0.3 is 11.9 Å². The van der Waals surface area contributed by atoms with E-state index in [0.717, 1.165) is 29.7 Å². The van der Waals surface area contributed by atoms with Gasteiger partial charge in [0.15, 0.2) is 0 Å². The number of carboxylic acids is 2. The summed E-state index contributed by atoms with van der Waals surface area (Å²) in [5.74, 6) is -3.87. The molecule has 0 aliphatic rings. The highest BCUT2D eigenvalue weighted by Crippen LogP contribution is 2.27. The van der Waals surface area contributed by atoms with Crippen LogP contribution in [0.25, 0.3) is 0 Å². The summed E-state index contributed by atoms with van der Waals surface area (Å²) in [6, 6.07) is 3.96. The number of nitrogens with one attached hydrogen (secondary N) is 2. The molecule has 0 aliphatic heterocycles. The minimum Gasteiger partial charge on any atom is -0.480 e. The van der Waals surface area contributed by atoms with E-state index in [9.17, 15) is 24.0 Å². The van der Waals surface area contributed by atoms with Gasteiger partial charge in [0.2, 0.25) is 17.7 Å². The van der Waals surface area contributed by atoms with E-state index < -0.39 is 42.4 Å². The number of alkyl halides is 1. The number of halogens is 1. The number of nitrogens with zero attached hydrogens (tertiary/aromatic N) is 1. The molecule has 0 aliphatic carbocycles. The van der Waals surface area contributed by atoms with Crippen LogP contribution in [0.1, 0.15) is 37.8 Å². The number of benzene rings is 1. The number of ether oxygens (including phenoxy) is 1. The molecule has 0 heterocycles. The van der Waals surface area contributed by atoms with Crippen molar-refractivity contribution in [3.05, 3.63) is 29.3 Å². The average Bonchev–Trinajstić information content (AvgIpc) is 2.91. The smallest absolute Gasteiger partial charge is 0.322 e. The van der Waals surface area contributed by atoms with Crippen molar-refractivity contribution in [3.63, 3.8) is 0 Å². The van der Waals surface area contributed by atoms with Gasteiger partial charge in [-0.1, -0.05) is 32.0 Å². The molecule has 14 heteroatoms. The molecule has 1 aromatic carbocycles. The minimum atomic E-state index is -1.22. The molecule has 0 aromatic heterocycles. The van der Waals surface area contributed by atoms with Gasteiger partial charge in [-0.2, -0.15) is 12.6 Å². The fourth-order valence-corrected chi connectivity index (χ4v) is 3.58. The van der Waals surface area contributed by atoms with E-state index in [-0.39, 0.29) is 37.1 Å². The first kappa shape index (κ1) is 35.1. The number of rotatable bonds is 15. The zero-order valence-electron chi connectivity index (χ0n) is 21.7. The predicted octanol–water partition coefficient (Wildman–Crippen LogP) is 0.781. The Bertz CT molecular complexity index is 928. The number of hydrogen-bond acceptors (Lipinski definition) is 8. The summed E-state index contributed by atoms with van der Waals surface area (Å²) in [6.07, 6.45) is 1.51. The second-order valence-electron chi connectivity index (χ2n) is 7.90. The maximum absolute atomic E-state index is 12.0. The van der Waals surface area contributed by atoms with E-state index in [4.69, 9.17) is 32.3 Å². The van der Waals surface area contributed by atoms with Crippen LogP contribution in [-0.2, 0) is 41.6 Å². The van der Waals surface area contributed by atoms with Crippen LogP contribution in [-0.4, -0.2) is 84.0 Å². The third-order valence-corrected chi connectivity index (χ3v) is 5.75. The molecule has 2 atom stereocenters. The lowest BCUT2D eigenvalue weighted by Crippen LogP contribution is -2.49. The third-order valence-electron chi connectivity index (χ3n) is 5.16. The van der Waals surface area contributed by atoms with Gasteiger partial charge in [0.1, 0.15) is 31.2 Å². The van der Waals surface area contributed by atoms with Crippen molar-refractivity contribution in [1.29, 1.82) is 0 Å². The molecule has 214 valence electrons. The largest absolute Gasteiger partial charge is 0.480 e. The Morgan fingerprint density at radius 2 is 1.71 bits per heavy atom. The number of thiol groups is 1. The second-order valence-corrected chi connectivity index (χ2v) is 8.54.